The van der Waals surface area contributed by atoms with Gasteiger partial charge < -0.3 is 19.4 Å². The van der Waals surface area contributed by atoms with E-state index in [1.54, 1.807) is 30.3 Å². The van der Waals surface area contributed by atoms with Crippen LogP contribution in [0, 0.1) is 5.82 Å². The molecule has 1 amide bonds. The van der Waals surface area contributed by atoms with Gasteiger partial charge in [0.1, 0.15) is 22.9 Å². The average Bonchev–Trinajstić information content (AvgIpc) is 3.45. The van der Waals surface area contributed by atoms with Gasteiger partial charge in [-0.25, -0.2) is 19.2 Å². The second-order valence-electron chi connectivity index (χ2n) is 7.52. The summed E-state index contributed by atoms with van der Waals surface area (Å²) < 4.78 is 24.5. The number of rotatable bonds is 5. The first-order valence-electron chi connectivity index (χ1n) is 10.3. The number of benzene rings is 3. The van der Waals surface area contributed by atoms with Gasteiger partial charge in [0, 0.05) is 5.56 Å². The van der Waals surface area contributed by atoms with Gasteiger partial charge in [0.2, 0.25) is 5.95 Å². The van der Waals surface area contributed by atoms with E-state index >= 15 is 0 Å². The maximum atomic E-state index is 14.4. The van der Waals surface area contributed by atoms with Gasteiger partial charge >= 0.3 is 5.97 Å². The molecule has 176 valence electrons. The highest BCUT2D eigenvalue weighted by atomic mass is 35.5. The molecular formula is C24H17ClFN5O4. The first-order valence-corrected chi connectivity index (χ1v) is 10.7. The molecule has 0 radical (unpaired) electrons. The van der Waals surface area contributed by atoms with Crippen molar-refractivity contribution in [2.24, 2.45) is 0 Å². The summed E-state index contributed by atoms with van der Waals surface area (Å²) in [5, 5.41) is 2.88. The molecule has 0 fully saturated rings. The molecule has 0 bridgehead atoms. The van der Waals surface area contributed by atoms with Crippen molar-refractivity contribution in [3.8, 4) is 17.1 Å². The summed E-state index contributed by atoms with van der Waals surface area (Å²) in [5.74, 6) is -0.772. The highest BCUT2D eigenvalue weighted by Crippen LogP contribution is 2.33. The van der Waals surface area contributed by atoms with E-state index in [1.807, 2.05) is 0 Å². The molecule has 0 unspecified atom stereocenters. The van der Waals surface area contributed by atoms with Crippen molar-refractivity contribution in [3.05, 3.63) is 70.5 Å². The van der Waals surface area contributed by atoms with Crippen LogP contribution < -0.4 is 10.1 Å². The lowest BCUT2D eigenvalue weighted by Crippen LogP contribution is -2.13. The number of anilines is 1. The quantitative estimate of drug-likeness (QED) is 0.298. The van der Waals surface area contributed by atoms with E-state index in [1.165, 1.54) is 32.4 Å². The van der Waals surface area contributed by atoms with Crippen LogP contribution in [-0.4, -0.2) is 46.0 Å². The van der Waals surface area contributed by atoms with Crippen molar-refractivity contribution in [1.82, 2.24) is 19.9 Å². The lowest BCUT2D eigenvalue weighted by molar-refractivity contribution is 0.0600. The number of carbonyl (C=O) groups excluding carboxylic acids is 2. The van der Waals surface area contributed by atoms with Crippen LogP contribution in [0.15, 0.2) is 48.5 Å². The van der Waals surface area contributed by atoms with Crippen molar-refractivity contribution >= 4 is 51.5 Å². The Balaban J connectivity index is 1.48. The van der Waals surface area contributed by atoms with E-state index in [9.17, 15) is 14.0 Å². The second kappa shape index (κ2) is 8.73. The molecular weight excluding hydrogens is 477 g/mol. The molecule has 0 atom stereocenters. The van der Waals surface area contributed by atoms with Crippen molar-refractivity contribution in [3.63, 3.8) is 0 Å². The number of methoxy groups -OCH3 is 2. The minimum atomic E-state index is -0.534. The molecule has 0 aliphatic heterocycles. The SMILES string of the molecule is COC(=O)c1ccc2[nH]c(NC(=O)c3cc(OC)c4[nH]c(-c5c(F)cccc5Cl)nc4c3)nc2c1. The number of aromatic nitrogens is 4. The minimum absolute atomic E-state index is 0.118. The topological polar surface area (TPSA) is 122 Å². The first-order chi connectivity index (χ1) is 16.9. The number of ether oxygens (including phenoxy) is 2. The molecule has 11 heteroatoms. The molecule has 0 aliphatic rings. The van der Waals surface area contributed by atoms with Crippen LogP contribution in [0.25, 0.3) is 33.5 Å². The van der Waals surface area contributed by atoms with Crippen LogP contribution in [0.3, 0.4) is 0 Å². The van der Waals surface area contributed by atoms with Crippen LogP contribution in [0.4, 0.5) is 10.3 Å². The number of nitrogens with one attached hydrogen (secondary N) is 3. The Labute approximate surface area is 202 Å². The molecule has 2 aromatic heterocycles. The third-order valence-electron chi connectivity index (χ3n) is 5.37. The van der Waals surface area contributed by atoms with E-state index in [-0.39, 0.29) is 27.9 Å². The van der Waals surface area contributed by atoms with Gasteiger partial charge in [0.15, 0.2) is 0 Å². The Morgan fingerprint density at radius 3 is 2.54 bits per heavy atom. The molecule has 0 saturated carbocycles. The van der Waals surface area contributed by atoms with E-state index in [0.29, 0.717) is 33.4 Å². The maximum absolute atomic E-state index is 14.4. The summed E-state index contributed by atoms with van der Waals surface area (Å²) in [4.78, 5) is 39.5. The van der Waals surface area contributed by atoms with E-state index in [0.717, 1.165) is 0 Å². The predicted molar refractivity (Wildman–Crippen MR) is 128 cm³/mol. The molecule has 0 spiro atoms. The Morgan fingerprint density at radius 2 is 1.80 bits per heavy atom. The highest BCUT2D eigenvalue weighted by Gasteiger charge is 2.19. The molecule has 3 N–H and O–H groups in total. The van der Waals surface area contributed by atoms with Crippen LogP contribution >= 0.6 is 11.6 Å². The van der Waals surface area contributed by atoms with E-state index in [4.69, 9.17) is 21.1 Å². The van der Waals surface area contributed by atoms with E-state index in [2.05, 4.69) is 25.3 Å². The summed E-state index contributed by atoms with van der Waals surface area (Å²) in [5.41, 5.74) is 2.67. The average molecular weight is 494 g/mol. The maximum Gasteiger partial charge on any atom is 0.337 e. The Bertz CT molecular complexity index is 1610. The van der Waals surface area contributed by atoms with Crippen molar-refractivity contribution < 1.29 is 23.5 Å². The van der Waals surface area contributed by atoms with Crippen LogP contribution in [0.1, 0.15) is 20.7 Å². The van der Waals surface area contributed by atoms with Gasteiger partial charge in [-0.05, 0) is 42.5 Å². The van der Waals surface area contributed by atoms with E-state index < -0.39 is 17.7 Å². The zero-order valence-electron chi connectivity index (χ0n) is 18.4. The second-order valence-corrected chi connectivity index (χ2v) is 7.92. The zero-order valence-corrected chi connectivity index (χ0v) is 19.2. The van der Waals surface area contributed by atoms with Crippen molar-refractivity contribution in [2.45, 2.75) is 0 Å². The van der Waals surface area contributed by atoms with Crippen molar-refractivity contribution in [2.75, 3.05) is 19.5 Å². The number of H-pyrrole nitrogens is 2. The number of hydrogen-bond donors (Lipinski definition) is 3. The van der Waals surface area contributed by atoms with Gasteiger partial charge in [-0.15, -0.1) is 0 Å². The number of amides is 1. The molecule has 2 heterocycles. The zero-order chi connectivity index (χ0) is 24.7. The Morgan fingerprint density at radius 1 is 1.00 bits per heavy atom. The van der Waals surface area contributed by atoms with Gasteiger partial charge in [-0.2, -0.15) is 0 Å². The fourth-order valence-corrected chi connectivity index (χ4v) is 3.96. The Hall–Kier alpha value is -4.44. The number of nitrogens with zero attached hydrogens (tertiary/aromatic N) is 2. The van der Waals surface area contributed by atoms with Crippen LogP contribution in [0.2, 0.25) is 5.02 Å². The monoisotopic (exact) mass is 493 g/mol. The molecule has 5 aromatic rings. The van der Waals surface area contributed by atoms with Crippen molar-refractivity contribution in [1.29, 1.82) is 0 Å². The molecule has 0 aliphatic carbocycles. The van der Waals surface area contributed by atoms with Gasteiger partial charge in [0.05, 0.1) is 46.9 Å². The molecule has 5 rings (SSSR count). The first kappa shape index (κ1) is 22.4. The molecule has 0 saturated heterocycles. The fraction of sp³-hybridized carbons (Fsp3) is 0.0833. The summed E-state index contributed by atoms with van der Waals surface area (Å²) >= 11 is 6.17. The number of hydrogen-bond acceptors (Lipinski definition) is 6. The summed E-state index contributed by atoms with van der Waals surface area (Å²) in [6, 6.07) is 12.2. The number of imidazole rings is 2. The van der Waals surface area contributed by atoms with Crippen LogP contribution in [0.5, 0.6) is 5.75 Å². The number of aromatic amines is 2. The van der Waals surface area contributed by atoms with Gasteiger partial charge in [-0.1, -0.05) is 17.7 Å². The number of esters is 1. The third kappa shape index (κ3) is 4.04. The van der Waals surface area contributed by atoms with Gasteiger partial charge in [0.25, 0.3) is 5.91 Å². The molecule has 35 heavy (non-hydrogen) atoms. The standard InChI is InChI=1S/C24H17ClFN5O4/c1-34-18-10-12(9-17-20(18)30-21(27-17)19-13(25)4-3-5-14(19)26)22(32)31-24-28-15-7-6-11(23(33)35-2)8-16(15)29-24/h3-10H,1-2H3,(H,27,30)(H2,28,29,31,32). The lowest BCUT2D eigenvalue weighted by Gasteiger charge is -2.06. The smallest absolute Gasteiger partial charge is 0.337 e. The summed E-state index contributed by atoms with van der Waals surface area (Å²) in [6.07, 6.45) is 0. The minimum Gasteiger partial charge on any atom is -0.494 e. The normalized spacial score (nSPS) is 11.1. The number of halogens is 2. The molecule has 9 nitrogen and oxygen atoms in total. The summed E-state index contributed by atoms with van der Waals surface area (Å²) in [6.45, 7) is 0. The number of carbonyl (C=O) groups is 2. The molecule has 3 aromatic carbocycles. The van der Waals surface area contributed by atoms with Gasteiger partial charge in [-0.3, -0.25) is 10.1 Å². The largest absolute Gasteiger partial charge is 0.494 e. The van der Waals surface area contributed by atoms with Crippen LogP contribution in [-0.2, 0) is 4.74 Å². The fourth-order valence-electron chi connectivity index (χ4n) is 3.71. The predicted octanol–water partition coefficient (Wildman–Crippen LogP) is 4.95. The Kier molecular flexibility index (Phi) is 5.58. The third-order valence-corrected chi connectivity index (χ3v) is 5.69. The lowest BCUT2D eigenvalue weighted by atomic mass is 10.1. The number of fused-ring (bicyclic) bond motifs is 2. The summed E-state index contributed by atoms with van der Waals surface area (Å²) in [7, 11) is 2.74. The highest BCUT2D eigenvalue weighted by molar-refractivity contribution is 6.33.